The molecular weight excluding hydrogens is 319 g/mol. The molecule has 0 saturated heterocycles. The zero-order valence-corrected chi connectivity index (χ0v) is 13.2. The van der Waals surface area contributed by atoms with E-state index in [1.54, 1.807) is 6.08 Å². The van der Waals surface area contributed by atoms with Crippen LogP contribution in [0.25, 0.3) is 0 Å². The number of ether oxygens (including phenoxy) is 1. The van der Waals surface area contributed by atoms with Gasteiger partial charge in [0.15, 0.2) is 0 Å². The number of halogens is 2. The van der Waals surface area contributed by atoms with Gasteiger partial charge in [-0.25, -0.2) is 0 Å². The molecule has 0 spiro atoms. The fraction of sp³-hybridized carbons (Fsp3) is 0.111. The first-order valence-corrected chi connectivity index (χ1v) is 7.62. The second-order valence-corrected chi connectivity index (χ2v) is 5.93. The van der Waals surface area contributed by atoms with Crippen molar-refractivity contribution in [2.75, 3.05) is 6.61 Å². The monoisotopic (exact) mass is 332 g/mol. The highest BCUT2D eigenvalue weighted by Gasteiger charge is 2.23. The second kappa shape index (κ2) is 6.47. The van der Waals surface area contributed by atoms with Crippen LogP contribution in [0.5, 0.6) is 0 Å². The number of hydrogen-bond donors (Lipinski definition) is 1. The first-order valence-electron chi connectivity index (χ1n) is 6.86. The Balaban J connectivity index is 2.11. The summed E-state index contributed by atoms with van der Waals surface area (Å²) in [6, 6.07) is 15.2. The van der Waals surface area contributed by atoms with Crippen molar-refractivity contribution in [1.29, 1.82) is 0 Å². The molecule has 4 heteroatoms. The van der Waals surface area contributed by atoms with Crippen molar-refractivity contribution in [1.82, 2.24) is 0 Å². The highest BCUT2D eigenvalue weighted by molar-refractivity contribution is 6.30. The van der Waals surface area contributed by atoms with Crippen molar-refractivity contribution < 1.29 is 9.84 Å². The Hall–Kier alpha value is -1.90. The Bertz CT molecular complexity index is 670. The van der Waals surface area contributed by atoms with Gasteiger partial charge in [-0.2, -0.15) is 0 Å². The van der Waals surface area contributed by atoms with Crippen molar-refractivity contribution in [3.63, 3.8) is 0 Å². The van der Waals surface area contributed by atoms with Crippen LogP contribution >= 0.6 is 23.2 Å². The molecular formula is C18H14Cl2O2. The maximum atomic E-state index is 10.2. The van der Waals surface area contributed by atoms with E-state index in [0.717, 1.165) is 16.7 Å². The standard InChI is InChI=1S/C18H14Cl2O2/c19-14-5-1-12(2-6-14)18(13-3-7-15(20)8-4-13)16-11-22-10-9-17(16)21/h1-10,18,21H,11H2. The summed E-state index contributed by atoms with van der Waals surface area (Å²) in [5.74, 6) is 0.126. The number of aliphatic hydroxyl groups excluding tert-OH is 1. The van der Waals surface area contributed by atoms with Crippen molar-refractivity contribution in [2.24, 2.45) is 0 Å². The molecule has 0 saturated carbocycles. The van der Waals surface area contributed by atoms with E-state index in [0.29, 0.717) is 16.7 Å². The molecule has 0 bridgehead atoms. The average molecular weight is 333 g/mol. The summed E-state index contributed by atoms with van der Waals surface area (Å²) in [4.78, 5) is 0. The van der Waals surface area contributed by atoms with Gasteiger partial charge in [0.05, 0.1) is 6.26 Å². The Kier molecular flexibility index (Phi) is 4.41. The summed E-state index contributed by atoms with van der Waals surface area (Å²) in [7, 11) is 0. The van der Waals surface area contributed by atoms with Crippen LogP contribution in [0.4, 0.5) is 0 Å². The van der Waals surface area contributed by atoms with Crippen molar-refractivity contribution >= 4 is 23.2 Å². The first kappa shape index (κ1) is 15.0. The molecule has 0 atom stereocenters. The molecule has 1 aliphatic heterocycles. The van der Waals surface area contributed by atoms with Gasteiger partial charge in [0.1, 0.15) is 12.4 Å². The number of aliphatic hydroxyl groups is 1. The van der Waals surface area contributed by atoms with E-state index < -0.39 is 0 Å². The fourth-order valence-corrected chi connectivity index (χ4v) is 2.82. The lowest BCUT2D eigenvalue weighted by Crippen LogP contribution is -2.13. The van der Waals surface area contributed by atoms with E-state index in [2.05, 4.69) is 0 Å². The van der Waals surface area contributed by atoms with Crippen LogP contribution in [0.15, 0.2) is 72.2 Å². The molecule has 1 N–H and O–H groups in total. The lowest BCUT2D eigenvalue weighted by molar-refractivity contribution is 0.253. The van der Waals surface area contributed by atoms with Crippen LogP contribution < -0.4 is 0 Å². The molecule has 0 fully saturated rings. The largest absolute Gasteiger partial charge is 0.508 e. The van der Waals surface area contributed by atoms with Gasteiger partial charge in [-0.15, -0.1) is 0 Å². The Morgan fingerprint density at radius 2 is 1.36 bits per heavy atom. The minimum absolute atomic E-state index is 0.112. The van der Waals surface area contributed by atoms with Gasteiger partial charge in [-0.05, 0) is 35.4 Å². The summed E-state index contributed by atoms with van der Waals surface area (Å²) >= 11 is 12.0. The molecule has 2 nitrogen and oxygen atoms in total. The van der Waals surface area contributed by atoms with Crippen LogP contribution in [0.3, 0.4) is 0 Å². The van der Waals surface area contributed by atoms with Crippen LogP contribution in [-0.4, -0.2) is 11.7 Å². The van der Waals surface area contributed by atoms with Gasteiger partial charge in [0.2, 0.25) is 0 Å². The van der Waals surface area contributed by atoms with E-state index >= 15 is 0 Å². The van der Waals surface area contributed by atoms with Gasteiger partial charge in [0, 0.05) is 27.6 Å². The van der Waals surface area contributed by atoms with Crippen LogP contribution in [0.2, 0.25) is 10.0 Å². The lowest BCUT2D eigenvalue weighted by Gasteiger charge is -2.24. The third-order valence-electron chi connectivity index (χ3n) is 3.65. The maximum absolute atomic E-state index is 10.2. The van der Waals surface area contributed by atoms with E-state index in [-0.39, 0.29) is 11.7 Å². The average Bonchev–Trinajstić information content (AvgIpc) is 2.53. The fourth-order valence-electron chi connectivity index (χ4n) is 2.57. The van der Waals surface area contributed by atoms with E-state index in [9.17, 15) is 5.11 Å². The number of allylic oxidation sites excluding steroid dienone is 1. The summed E-state index contributed by atoms with van der Waals surface area (Å²) in [5, 5.41) is 11.6. The zero-order chi connectivity index (χ0) is 15.5. The molecule has 0 unspecified atom stereocenters. The number of benzene rings is 2. The van der Waals surface area contributed by atoms with Gasteiger partial charge in [-0.1, -0.05) is 47.5 Å². The molecule has 2 aromatic rings. The third-order valence-corrected chi connectivity index (χ3v) is 4.15. The summed E-state index contributed by atoms with van der Waals surface area (Å²) in [6.45, 7) is 0.345. The molecule has 0 aromatic heterocycles. The Labute approximate surface area is 139 Å². The molecule has 2 aromatic carbocycles. The number of rotatable bonds is 3. The summed E-state index contributed by atoms with van der Waals surface area (Å²) < 4.78 is 5.37. The zero-order valence-electron chi connectivity index (χ0n) is 11.7. The maximum Gasteiger partial charge on any atom is 0.122 e. The predicted octanol–water partition coefficient (Wildman–Crippen LogP) is 5.48. The predicted molar refractivity (Wildman–Crippen MR) is 89.5 cm³/mol. The third kappa shape index (κ3) is 3.13. The SMILES string of the molecule is OC1=C(C(c2ccc(Cl)cc2)c2ccc(Cl)cc2)COC=C1. The van der Waals surface area contributed by atoms with E-state index in [1.165, 1.54) is 6.26 Å². The molecule has 0 amide bonds. The molecule has 1 aliphatic rings. The number of hydrogen-bond acceptors (Lipinski definition) is 2. The molecule has 1 heterocycles. The Morgan fingerprint density at radius 1 is 0.864 bits per heavy atom. The minimum atomic E-state index is -0.112. The van der Waals surface area contributed by atoms with Gasteiger partial charge >= 0.3 is 0 Å². The Morgan fingerprint density at radius 3 is 1.82 bits per heavy atom. The molecule has 3 rings (SSSR count). The highest BCUT2D eigenvalue weighted by Crippen LogP contribution is 2.35. The molecule has 0 radical (unpaired) electrons. The molecule has 0 aliphatic carbocycles. The smallest absolute Gasteiger partial charge is 0.122 e. The van der Waals surface area contributed by atoms with Crippen LogP contribution in [-0.2, 0) is 4.74 Å². The molecule has 112 valence electrons. The van der Waals surface area contributed by atoms with Gasteiger partial charge in [-0.3, -0.25) is 0 Å². The van der Waals surface area contributed by atoms with Crippen LogP contribution in [0, 0.1) is 0 Å². The topological polar surface area (TPSA) is 29.5 Å². The van der Waals surface area contributed by atoms with Crippen molar-refractivity contribution in [2.45, 2.75) is 5.92 Å². The van der Waals surface area contributed by atoms with Crippen molar-refractivity contribution in [3.05, 3.63) is 93.4 Å². The van der Waals surface area contributed by atoms with Gasteiger partial charge in [0.25, 0.3) is 0 Å². The first-order chi connectivity index (χ1) is 10.6. The minimum Gasteiger partial charge on any atom is -0.508 e. The van der Waals surface area contributed by atoms with E-state index in [1.807, 2.05) is 48.5 Å². The lowest BCUT2D eigenvalue weighted by atomic mass is 9.84. The summed E-state index contributed by atoms with van der Waals surface area (Å²) in [6.07, 6.45) is 3.07. The highest BCUT2D eigenvalue weighted by atomic mass is 35.5. The van der Waals surface area contributed by atoms with Crippen LogP contribution in [0.1, 0.15) is 17.0 Å². The van der Waals surface area contributed by atoms with E-state index in [4.69, 9.17) is 27.9 Å². The van der Waals surface area contributed by atoms with Gasteiger partial charge < -0.3 is 9.84 Å². The van der Waals surface area contributed by atoms with Crippen molar-refractivity contribution in [3.8, 4) is 0 Å². The quantitative estimate of drug-likeness (QED) is 0.806. The normalized spacial score (nSPS) is 14.3. The molecule has 22 heavy (non-hydrogen) atoms. The second-order valence-electron chi connectivity index (χ2n) is 5.06. The summed E-state index contributed by atoms with van der Waals surface area (Å²) in [5.41, 5.74) is 2.88.